The maximum atomic E-state index is 12.1. The lowest BCUT2D eigenvalue weighted by molar-refractivity contribution is -0.143. The third kappa shape index (κ3) is 10.5. The molecule has 1 aromatic heterocycles. The van der Waals surface area contributed by atoms with Gasteiger partial charge in [0, 0.05) is 32.0 Å². The van der Waals surface area contributed by atoms with Gasteiger partial charge in [0.15, 0.2) is 0 Å². The van der Waals surface area contributed by atoms with E-state index in [9.17, 15) is 9.59 Å². The summed E-state index contributed by atoms with van der Waals surface area (Å²) in [6.07, 6.45) is 15.9. The first-order chi connectivity index (χ1) is 17.5. The van der Waals surface area contributed by atoms with Crippen LogP contribution >= 0.6 is 11.8 Å². The van der Waals surface area contributed by atoms with Crippen LogP contribution in [0.15, 0.2) is 22.5 Å². The number of azo groups is 1. The van der Waals surface area contributed by atoms with E-state index in [2.05, 4.69) is 15.5 Å². The minimum absolute atomic E-state index is 0.122. The monoisotopic (exact) mass is 519 g/mol. The summed E-state index contributed by atoms with van der Waals surface area (Å²) < 4.78 is 7.10. The normalized spacial score (nSPS) is 21.0. The second-order valence-electron chi connectivity index (χ2n) is 10.3. The maximum Gasteiger partial charge on any atom is 0.305 e. The third-order valence-electron chi connectivity index (χ3n) is 7.23. The van der Waals surface area contributed by atoms with Crippen molar-refractivity contribution in [2.24, 2.45) is 23.2 Å². The zero-order valence-electron chi connectivity index (χ0n) is 22.0. The maximum absolute atomic E-state index is 12.1. The van der Waals surface area contributed by atoms with E-state index in [0.717, 1.165) is 36.7 Å². The number of hydrogen-bond donors (Lipinski definition) is 2. The quantitative estimate of drug-likeness (QED) is 0.191. The van der Waals surface area contributed by atoms with Gasteiger partial charge in [-0.25, -0.2) is 0 Å². The molecule has 9 heteroatoms. The molecule has 2 fully saturated rings. The highest BCUT2D eigenvalue weighted by Gasteiger charge is 2.21. The van der Waals surface area contributed by atoms with Crippen LogP contribution in [0, 0.1) is 5.92 Å². The van der Waals surface area contributed by atoms with Crippen molar-refractivity contribution in [1.29, 1.82) is 0 Å². The molecule has 0 atom stereocenters. The Morgan fingerprint density at radius 1 is 1.06 bits per heavy atom. The van der Waals surface area contributed by atoms with Gasteiger partial charge < -0.3 is 20.4 Å². The zero-order chi connectivity index (χ0) is 25.6. The van der Waals surface area contributed by atoms with Gasteiger partial charge in [-0.3, -0.25) is 9.59 Å². The van der Waals surface area contributed by atoms with Gasteiger partial charge in [0.05, 0.1) is 17.8 Å². The number of carbonyl (C=O) groups excluding carboxylic acids is 2. The molecule has 1 heterocycles. The molecule has 0 saturated heterocycles. The van der Waals surface area contributed by atoms with Crippen molar-refractivity contribution in [3.63, 3.8) is 0 Å². The van der Waals surface area contributed by atoms with Crippen molar-refractivity contribution in [1.82, 2.24) is 9.88 Å². The number of anilines is 1. The average molecular weight is 520 g/mol. The molecule has 0 bridgehead atoms. The summed E-state index contributed by atoms with van der Waals surface area (Å²) in [7, 11) is 1.80. The molecular weight excluding hydrogens is 474 g/mol. The van der Waals surface area contributed by atoms with Crippen LogP contribution < -0.4 is 11.1 Å². The van der Waals surface area contributed by atoms with Gasteiger partial charge in [-0.15, -0.1) is 0 Å². The molecule has 1 amide bonds. The molecule has 202 valence electrons. The molecule has 3 N–H and O–H groups in total. The summed E-state index contributed by atoms with van der Waals surface area (Å²) in [6, 6.07) is 2.59. The summed E-state index contributed by atoms with van der Waals surface area (Å²) in [5.74, 6) is 2.52. The van der Waals surface area contributed by atoms with E-state index in [4.69, 9.17) is 10.5 Å². The molecule has 0 radical (unpaired) electrons. The highest BCUT2D eigenvalue weighted by molar-refractivity contribution is 7.99. The molecule has 8 nitrogen and oxygen atoms in total. The minimum Gasteiger partial charge on any atom is -0.465 e. The third-order valence-corrected chi connectivity index (χ3v) is 8.39. The molecule has 36 heavy (non-hydrogen) atoms. The molecule has 2 aliphatic rings. The van der Waals surface area contributed by atoms with Crippen molar-refractivity contribution >= 4 is 29.3 Å². The first kappa shape index (κ1) is 28.5. The fourth-order valence-corrected chi connectivity index (χ4v) is 6.06. The molecule has 1 aromatic rings. The molecular formula is C27H45N5O3S. The number of amides is 1. The minimum atomic E-state index is -0.126. The number of ether oxygens (including phenoxy) is 1. The Labute approximate surface area is 220 Å². The molecule has 0 spiro atoms. The molecule has 0 aliphatic heterocycles. The first-order valence-electron chi connectivity index (χ1n) is 13.8. The van der Waals surface area contributed by atoms with E-state index >= 15 is 0 Å². The van der Waals surface area contributed by atoms with Gasteiger partial charge in [0.2, 0.25) is 0 Å². The number of nitrogen functional groups attached to an aromatic ring is 1. The van der Waals surface area contributed by atoms with Crippen LogP contribution in [0.2, 0.25) is 0 Å². The van der Waals surface area contributed by atoms with E-state index in [-0.39, 0.29) is 11.9 Å². The van der Waals surface area contributed by atoms with Crippen LogP contribution in [0.3, 0.4) is 0 Å². The first-order valence-corrected chi connectivity index (χ1v) is 15.0. The molecule has 2 aliphatic carbocycles. The van der Waals surface area contributed by atoms with E-state index in [1.54, 1.807) is 23.9 Å². The lowest BCUT2D eigenvalue weighted by Gasteiger charge is -2.26. The van der Waals surface area contributed by atoms with Gasteiger partial charge in [-0.05, 0) is 69.1 Å². The number of nitrogens with one attached hydrogen (secondary N) is 1. The molecule has 0 unspecified atom stereocenters. The summed E-state index contributed by atoms with van der Waals surface area (Å²) >= 11 is 1.90. The topological polar surface area (TPSA) is 111 Å². The second-order valence-corrected chi connectivity index (χ2v) is 11.5. The number of unbranched alkanes of at least 4 members (excludes halogenated alkanes) is 2. The van der Waals surface area contributed by atoms with Crippen LogP contribution in [0.1, 0.15) is 94.0 Å². The second kappa shape index (κ2) is 15.9. The highest BCUT2D eigenvalue weighted by Crippen LogP contribution is 2.30. The lowest BCUT2D eigenvalue weighted by Crippen LogP contribution is -2.26. The zero-order valence-corrected chi connectivity index (χ0v) is 22.8. The van der Waals surface area contributed by atoms with Gasteiger partial charge >= 0.3 is 5.97 Å². The number of carbonyl (C=O) groups is 2. The SMILES string of the molecule is Cn1cc(N)cc1C(=O)NCCCCCC(=O)OCCSCC1CCC(N=NC2CCCCC2)CC1. The Bertz CT molecular complexity index is 829. The number of nitrogens with two attached hydrogens (primary N) is 1. The Hall–Kier alpha value is -2.03. The summed E-state index contributed by atoms with van der Waals surface area (Å²) in [5, 5.41) is 12.2. The highest BCUT2D eigenvalue weighted by atomic mass is 32.2. The number of aromatic nitrogens is 1. The van der Waals surface area contributed by atoms with Crippen molar-refractivity contribution in [3.8, 4) is 0 Å². The number of thioether (sulfide) groups is 1. The van der Waals surface area contributed by atoms with E-state index in [1.165, 1.54) is 57.8 Å². The van der Waals surface area contributed by atoms with Crippen molar-refractivity contribution in [3.05, 3.63) is 18.0 Å². The summed E-state index contributed by atoms with van der Waals surface area (Å²) in [5.41, 5.74) is 6.84. The number of aryl methyl sites for hydroxylation is 1. The number of esters is 1. The van der Waals surface area contributed by atoms with Crippen molar-refractivity contribution in [2.75, 3.05) is 30.4 Å². The van der Waals surface area contributed by atoms with Gasteiger partial charge in [-0.2, -0.15) is 22.0 Å². The van der Waals surface area contributed by atoms with Crippen LogP contribution in [-0.2, 0) is 16.6 Å². The van der Waals surface area contributed by atoms with Gasteiger partial charge in [-0.1, -0.05) is 25.7 Å². The smallest absolute Gasteiger partial charge is 0.305 e. The molecule has 3 rings (SSSR count). The summed E-state index contributed by atoms with van der Waals surface area (Å²) in [6.45, 7) is 1.07. The van der Waals surface area contributed by atoms with Crippen LogP contribution in [0.25, 0.3) is 0 Å². The predicted molar refractivity (Wildman–Crippen MR) is 146 cm³/mol. The Morgan fingerprint density at radius 3 is 2.47 bits per heavy atom. The van der Waals surface area contributed by atoms with Gasteiger partial charge in [0.25, 0.3) is 5.91 Å². The van der Waals surface area contributed by atoms with Crippen molar-refractivity contribution in [2.45, 2.75) is 95.6 Å². The average Bonchev–Trinajstić information content (AvgIpc) is 3.23. The predicted octanol–water partition coefficient (Wildman–Crippen LogP) is 5.52. The Morgan fingerprint density at radius 2 is 1.78 bits per heavy atom. The van der Waals surface area contributed by atoms with E-state index < -0.39 is 0 Å². The lowest BCUT2D eigenvalue weighted by atomic mass is 9.88. The van der Waals surface area contributed by atoms with Gasteiger partial charge in [0.1, 0.15) is 12.3 Å². The van der Waals surface area contributed by atoms with Crippen LogP contribution in [0.4, 0.5) is 5.69 Å². The number of nitrogens with zero attached hydrogens (tertiary/aromatic N) is 3. The Kier molecular flexibility index (Phi) is 12.6. The fraction of sp³-hybridized carbons (Fsp3) is 0.778. The largest absolute Gasteiger partial charge is 0.465 e. The number of rotatable bonds is 14. The van der Waals surface area contributed by atoms with Crippen LogP contribution in [-0.4, -0.2) is 53.2 Å². The van der Waals surface area contributed by atoms with Crippen LogP contribution in [0.5, 0.6) is 0 Å². The number of hydrogen-bond acceptors (Lipinski definition) is 7. The van der Waals surface area contributed by atoms with Crippen molar-refractivity contribution < 1.29 is 14.3 Å². The van der Waals surface area contributed by atoms with E-state index in [1.807, 2.05) is 11.8 Å². The Balaban J connectivity index is 1.12. The fourth-order valence-electron chi connectivity index (χ4n) is 5.03. The summed E-state index contributed by atoms with van der Waals surface area (Å²) in [4.78, 5) is 24.1. The molecule has 0 aromatic carbocycles. The molecule has 2 saturated carbocycles. The van der Waals surface area contributed by atoms with E-state index in [0.29, 0.717) is 43.0 Å². The standard InChI is InChI=1S/C27H45N5O3S/c1-32-19-22(28)18-25(32)27(34)29-15-7-3-6-10-26(33)35-16-17-36-20-21-11-13-24(14-12-21)31-30-23-8-4-2-5-9-23/h18-19,21,23-24H,2-17,20,28H2,1H3,(H,29,34).